The fraction of sp³-hybridized carbons (Fsp3) is 0.923. The number of rotatable bonds is 3. The van der Waals surface area contributed by atoms with E-state index >= 15 is 0 Å². The molecule has 0 saturated carbocycles. The van der Waals surface area contributed by atoms with Crippen molar-refractivity contribution in [1.82, 2.24) is 15.1 Å². The van der Waals surface area contributed by atoms with Crippen molar-refractivity contribution in [2.45, 2.75) is 24.5 Å². The highest BCUT2D eigenvalue weighted by Gasteiger charge is 2.20. The monoisotopic (exact) mass is 271 g/mol. The lowest BCUT2D eigenvalue weighted by atomic mass is 10.2. The average Bonchev–Trinajstić information content (AvgIpc) is 2.62. The normalized spacial score (nSPS) is 23.9. The molecule has 5 heteroatoms. The Balaban J connectivity index is 1.69. The predicted molar refractivity (Wildman–Crippen MR) is 77.0 cm³/mol. The van der Waals surface area contributed by atoms with Crippen LogP contribution in [-0.4, -0.2) is 73.0 Å². The zero-order valence-electron chi connectivity index (χ0n) is 11.4. The summed E-state index contributed by atoms with van der Waals surface area (Å²) in [6, 6.07) is 0. The maximum atomic E-state index is 12.2. The number of piperidine rings is 1. The van der Waals surface area contributed by atoms with Crippen molar-refractivity contribution in [3.8, 4) is 0 Å². The van der Waals surface area contributed by atoms with Gasteiger partial charge in [0.1, 0.15) is 0 Å². The van der Waals surface area contributed by atoms with E-state index in [-0.39, 0.29) is 0 Å². The van der Waals surface area contributed by atoms with E-state index in [1.165, 1.54) is 12.8 Å². The third-order valence-corrected chi connectivity index (χ3v) is 5.16. The SMILES string of the molecule is CN1CCCN(C(=O)CSC2CCNCC2)CC1. The van der Waals surface area contributed by atoms with Crippen LogP contribution in [0.5, 0.6) is 0 Å². The highest BCUT2D eigenvalue weighted by atomic mass is 32.2. The van der Waals surface area contributed by atoms with Crippen molar-refractivity contribution in [1.29, 1.82) is 0 Å². The molecule has 2 aliphatic rings. The van der Waals surface area contributed by atoms with Gasteiger partial charge in [0.05, 0.1) is 5.75 Å². The lowest BCUT2D eigenvalue weighted by Crippen LogP contribution is -2.36. The molecule has 2 aliphatic heterocycles. The number of hydrogen-bond acceptors (Lipinski definition) is 4. The molecule has 1 amide bonds. The third kappa shape index (κ3) is 4.44. The van der Waals surface area contributed by atoms with Crippen LogP contribution in [0.15, 0.2) is 0 Å². The molecule has 0 aromatic carbocycles. The van der Waals surface area contributed by atoms with Gasteiger partial charge in [-0.05, 0) is 45.9 Å². The van der Waals surface area contributed by atoms with Crippen LogP contribution in [0, 0.1) is 0 Å². The number of nitrogens with zero attached hydrogens (tertiary/aromatic N) is 2. The van der Waals surface area contributed by atoms with Crippen molar-refractivity contribution in [2.75, 3.05) is 52.1 Å². The molecule has 1 N–H and O–H groups in total. The highest BCUT2D eigenvalue weighted by molar-refractivity contribution is 8.00. The molecular formula is C13H25N3OS. The Morgan fingerprint density at radius 2 is 2.00 bits per heavy atom. The number of amides is 1. The summed E-state index contributed by atoms with van der Waals surface area (Å²) >= 11 is 1.86. The van der Waals surface area contributed by atoms with Crippen molar-refractivity contribution in [3.63, 3.8) is 0 Å². The molecule has 2 saturated heterocycles. The van der Waals surface area contributed by atoms with Gasteiger partial charge >= 0.3 is 0 Å². The van der Waals surface area contributed by atoms with E-state index in [4.69, 9.17) is 0 Å². The average molecular weight is 271 g/mol. The van der Waals surface area contributed by atoms with Gasteiger partial charge in [0.15, 0.2) is 0 Å². The predicted octanol–water partition coefficient (Wildman–Crippen LogP) is 0.636. The summed E-state index contributed by atoms with van der Waals surface area (Å²) in [5.41, 5.74) is 0. The lowest BCUT2D eigenvalue weighted by Gasteiger charge is -2.24. The largest absolute Gasteiger partial charge is 0.341 e. The van der Waals surface area contributed by atoms with Gasteiger partial charge in [-0.2, -0.15) is 0 Å². The number of hydrogen-bond donors (Lipinski definition) is 1. The van der Waals surface area contributed by atoms with Gasteiger partial charge in [0, 0.05) is 24.9 Å². The van der Waals surface area contributed by atoms with Gasteiger partial charge in [-0.15, -0.1) is 11.8 Å². The van der Waals surface area contributed by atoms with Crippen LogP contribution < -0.4 is 5.32 Å². The Kier molecular flexibility index (Phi) is 5.79. The molecule has 0 aromatic rings. The van der Waals surface area contributed by atoms with E-state index < -0.39 is 0 Å². The first kappa shape index (κ1) is 14.2. The Morgan fingerprint density at radius 1 is 1.22 bits per heavy atom. The summed E-state index contributed by atoms with van der Waals surface area (Å²) < 4.78 is 0. The molecule has 2 rings (SSSR count). The molecule has 18 heavy (non-hydrogen) atoms. The first-order valence-electron chi connectivity index (χ1n) is 7.04. The van der Waals surface area contributed by atoms with Crippen LogP contribution in [0.4, 0.5) is 0 Å². The minimum absolute atomic E-state index is 0.342. The molecule has 0 unspecified atom stereocenters. The van der Waals surface area contributed by atoms with Gasteiger partial charge in [0.2, 0.25) is 5.91 Å². The Bertz CT molecular complexity index is 269. The van der Waals surface area contributed by atoms with Crippen LogP contribution in [0.25, 0.3) is 0 Å². The van der Waals surface area contributed by atoms with Crippen molar-refractivity contribution in [3.05, 3.63) is 0 Å². The first-order valence-corrected chi connectivity index (χ1v) is 8.09. The molecule has 0 aromatic heterocycles. The fourth-order valence-electron chi connectivity index (χ4n) is 2.54. The molecule has 0 atom stereocenters. The highest BCUT2D eigenvalue weighted by Crippen LogP contribution is 2.20. The number of carbonyl (C=O) groups is 1. The van der Waals surface area contributed by atoms with Gasteiger partial charge in [-0.1, -0.05) is 0 Å². The molecule has 4 nitrogen and oxygen atoms in total. The second-order valence-corrected chi connectivity index (χ2v) is 6.59. The summed E-state index contributed by atoms with van der Waals surface area (Å²) in [4.78, 5) is 16.5. The zero-order chi connectivity index (χ0) is 12.8. The number of thioether (sulfide) groups is 1. The minimum atomic E-state index is 0.342. The van der Waals surface area contributed by atoms with Gasteiger partial charge in [-0.25, -0.2) is 0 Å². The Labute approximate surface area is 114 Å². The summed E-state index contributed by atoms with van der Waals surface area (Å²) in [5.74, 6) is 1.02. The number of nitrogens with one attached hydrogen (secondary N) is 1. The zero-order valence-corrected chi connectivity index (χ0v) is 12.2. The van der Waals surface area contributed by atoms with Gasteiger partial charge in [0.25, 0.3) is 0 Å². The first-order chi connectivity index (χ1) is 8.75. The molecule has 2 heterocycles. The van der Waals surface area contributed by atoms with E-state index in [2.05, 4.69) is 22.2 Å². The van der Waals surface area contributed by atoms with E-state index in [1.54, 1.807) is 0 Å². The number of likely N-dealkylation sites (N-methyl/N-ethyl adjacent to an activating group) is 1. The molecule has 104 valence electrons. The van der Waals surface area contributed by atoms with Gasteiger partial charge in [-0.3, -0.25) is 4.79 Å². The summed E-state index contributed by atoms with van der Waals surface area (Å²) in [5, 5.41) is 4.05. The minimum Gasteiger partial charge on any atom is -0.341 e. The summed E-state index contributed by atoms with van der Waals surface area (Å²) in [6.07, 6.45) is 3.53. The van der Waals surface area contributed by atoms with Crippen molar-refractivity contribution in [2.24, 2.45) is 0 Å². The standard InChI is InChI=1S/C13H25N3OS/c1-15-7-2-8-16(10-9-15)13(17)11-18-12-3-5-14-6-4-12/h12,14H,2-11H2,1H3. The molecule has 0 aliphatic carbocycles. The summed E-state index contributed by atoms with van der Waals surface area (Å²) in [6.45, 7) is 6.20. The van der Waals surface area contributed by atoms with Crippen LogP contribution in [0.1, 0.15) is 19.3 Å². The second-order valence-electron chi connectivity index (χ2n) is 5.30. The van der Waals surface area contributed by atoms with E-state index in [9.17, 15) is 4.79 Å². The van der Waals surface area contributed by atoms with E-state index in [0.717, 1.165) is 45.7 Å². The molecule has 0 radical (unpaired) electrons. The topological polar surface area (TPSA) is 35.6 Å². The quantitative estimate of drug-likeness (QED) is 0.817. The smallest absolute Gasteiger partial charge is 0.232 e. The van der Waals surface area contributed by atoms with Crippen LogP contribution >= 0.6 is 11.8 Å². The molecule has 0 bridgehead atoms. The lowest BCUT2D eigenvalue weighted by molar-refractivity contribution is -0.128. The van der Waals surface area contributed by atoms with Crippen LogP contribution in [0.3, 0.4) is 0 Å². The fourth-order valence-corrected chi connectivity index (χ4v) is 3.67. The Morgan fingerprint density at radius 3 is 2.78 bits per heavy atom. The van der Waals surface area contributed by atoms with Crippen LogP contribution in [-0.2, 0) is 4.79 Å². The second kappa shape index (κ2) is 7.36. The van der Waals surface area contributed by atoms with Crippen molar-refractivity contribution >= 4 is 17.7 Å². The maximum Gasteiger partial charge on any atom is 0.232 e. The van der Waals surface area contributed by atoms with Crippen molar-refractivity contribution < 1.29 is 4.79 Å². The van der Waals surface area contributed by atoms with E-state index in [1.807, 2.05) is 11.8 Å². The third-order valence-electron chi connectivity index (χ3n) is 3.80. The Hall–Kier alpha value is -0.260. The number of carbonyl (C=O) groups excluding carboxylic acids is 1. The summed E-state index contributed by atoms with van der Waals surface area (Å²) in [7, 11) is 2.14. The maximum absolute atomic E-state index is 12.2. The van der Waals surface area contributed by atoms with E-state index in [0.29, 0.717) is 16.9 Å². The van der Waals surface area contributed by atoms with Crippen LogP contribution in [0.2, 0.25) is 0 Å². The molecular weight excluding hydrogens is 246 g/mol. The molecule has 2 fully saturated rings. The molecule has 0 spiro atoms. The van der Waals surface area contributed by atoms with Gasteiger partial charge < -0.3 is 15.1 Å².